The van der Waals surface area contributed by atoms with Crippen molar-refractivity contribution in [2.45, 2.75) is 19.3 Å². The van der Waals surface area contributed by atoms with Gasteiger partial charge in [-0.3, -0.25) is 0 Å². The molecule has 0 aromatic heterocycles. The number of rotatable bonds is 0. The topological polar surface area (TPSA) is 12.0 Å². The van der Waals surface area contributed by atoms with E-state index < -0.39 is 0 Å². The molecule has 0 bridgehead atoms. The van der Waals surface area contributed by atoms with Gasteiger partial charge < -0.3 is 5.32 Å². The molecule has 3 aliphatic rings. The number of hydrogen-bond acceptors (Lipinski definition) is 1. The minimum atomic E-state index is 0.799. The fourth-order valence-electron chi connectivity index (χ4n) is 2.81. The van der Waals surface area contributed by atoms with Crippen molar-refractivity contribution in [3.05, 3.63) is 35.6 Å². The Labute approximate surface area is 79.2 Å². The van der Waals surface area contributed by atoms with Crippen molar-refractivity contribution in [1.29, 1.82) is 0 Å². The summed E-state index contributed by atoms with van der Waals surface area (Å²) >= 11 is 0. The van der Waals surface area contributed by atoms with Crippen LogP contribution in [0, 0.1) is 11.8 Å². The monoisotopic (exact) mass is 173 g/mol. The first kappa shape index (κ1) is 7.43. The van der Waals surface area contributed by atoms with E-state index in [-0.39, 0.29) is 0 Å². The summed E-state index contributed by atoms with van der Waals surface area (Å²) < 4.78 is 0. The molecule has 1 aliphatic heterocycles. The average molecular weight is 173 g/mol. The quantitative estimate of drug-likeness (QED) is 0.593. The summed E-state index contributed by atoms with van der Waals surface area (Å²) in [4.78, 5) is 0. The van der Waals surface area contributed by atoms with Crippen LogP contribution in [0.2, 0.25) is 0 Å². The third kappa shape index (κ3) is 1.06. The van der Waals surface area contributed by atoms with Crippen LogP contribution in [0.4, 0.5) is 0 Å². The maximum Gasteiger partial charge on any atom is 0.0147 e. The van der Waals surface area contributed by atoms with E-state index in [0.29, 0.717) is 0 Å². The Balaban J connectivity index is 1.96. The molecule has 0 aromatic rings. The molecule has 2 unspecified atom stereocenters. The molecule has 0 spiro atoms. The molecule has 2 atom stereocenters. The second kappa shape index (κ2) is 2.76. The molecule has 13 heavy (non-hydrogen) atoms. The van der Waals surface area contributed by atoms with Gasteiger partial charge in [-0.05, 0) is 36.8 Å². The van der Waals surface area contributed by atoms with Crippen LogP contribution >= 0.6 is 0 Å². The van der Waals surface area contributed by atoms with Crippen LogP contribution in [0.1, 0.15) is 19.3 Å². The minimum absolute atomic E-state index is 0.799. The largest absolute Gasteiger partial charge is 0.388 e. The van der Waals surface area contributed by atoms with Crippen LogP contribution in [0.15, 0.2) is 35.6 Å². The highest BCUT2D eigenvalue weighted by atomic mass is 14.9. The lowest BCUT2D eigenvalue weighted by Crippen LogP contribution is -2.28. The van der Waals surface area contributed by atoms with Crippen molar-refractivity contribution in [2.24, 2.45) is 11.8 Å². The second-order valence-corrected chi connectivity index (χ2v) is 4.21. The second-order valence-electron chi connectivity index (χ2n) is 4.21. The molecule has 68 valence electrons. The summed E-state index contributed by atoms with van der Waals surface area (Å²) in [5.41, 5.74) is 3.06. The molecule has 0 aromatic carbocycles. The van der Waals surface area contributed by atoms with Gasteiger partial charge in [-0.1, -0.05) is 18.2 Å². The number of fused-ring (bicyclic) bond motifs is 3. The molecule has 0 saturated carbocycles. The number of allylic oxidation sites excluding steroid dienone is 6. The molecule has 3 rings (SSSR count). The van der Waals surface area contributed by atoms with E-state index in [1.165, 1.54) is 31.5 Å². The number of piperidine rings is 1. The van der Waals surface area contributed by atoms with Gasteiger partial charge in [0.15, 0.2) is 0 Å². The molecule has 1 saturated heterocycles. The average Bonchev–Trinajstić information content (AvgIpc) is 2.56. The fraction of sp³-hybridized carbons (Fsp3) is 0.500. The van der Waals surface area contributed by atoms with Crippen molar-refractivity contribution in [1.82, 2.24) is 5.32 Å². The van der Waals surface area contributed by atoms with Gasteiger partial charge in [-0.25, -0.2) is 0 Å². The van der Waals surface area contributed by atoms with Crippen molar-refractivity contribution in [2.75, 3.05) is 6.54 Å². The predicted molar refractivity (Wildman–Crippen MR) is 54.1 cm³/mol. The SMILES string of the molecule is C1=CCC2C(=C1)C=C1NCCCC12. The molecule has 1 fully saturated rings. The van der Waals surface area contributed by atoms with Crippen LogP contribution in [0.5, 0.6) is 0 Å². The van der Waals surface area contributed by atoms with Crippen molar-refractivity contribution in [3.63, 3.8) is 0 Å². The van der Waals surface area contributed by atoms with Crippen LogP contribution in [0.3, 0.4) is 0 Å². The summed E-state index contributed by atoms with van der Waals surface area (Å²) in [6.45, 7) is 1.18. The molecule has 2 aliphatic carbocycles. The third-order valence-electron chi connectivity index (χ3n) is 3.47. The Kier molecular flexibility index (Phi) is 1.58. The molecule has 1 heterocycles. The van der Waals surface area contributed by atoms with Crippen LogP contribution in [-0.4, -0.2) is 6.54 Å². The number of nitrogens with one attached hydrogen (secondary N) is 1. The zero-order valence-corrected chi connectivity index (χ0v) is 7.79. The highest BCUT2D eigenvalue weighted by molar-refractivity contribution is 5.40. The summed E-state index contributed by atoms with van der Waals surface area (Å²) in [5, 5.41) is 3.53. The molecule has 1 N–H and O–H groups in total. The normalized spacial score (nSPS) is 35.7. The number of hydrogen-bond donors (Lipinski definition) is 1. The summed E-state index contributed by atoms with van der Waals surface area (Å²) in [7, 11) is 0. The van der Waals surface area contributed by atoms with Gasteiger partial charge in [0.25, 0.3) is 0 Å². The van der Waals surface area contributed by atoms with Crippen LogP contribution in [-0.2, 0) is 0 Å². The van der Waals surface area contributed by atoms with Gasteiger partial charge in [-0.2, -0.15) is 0 Å². The molecular weight excluding hydrogens is 158 g/mol. The van der Waals surface area contributed by atoms with E-state index in [9.17, 15) is 0 Å². The van der Waals surface area contributed by atoms with Gasteiger partial charge in [0, 0.05) is 18.2 Å². The van der Waals surface area contributed by atoms with Crippen molar-refractivity contribution < 1.29 is 0 Å². The zero-order valence-electron chi connectivity index (χ0n) is 7.79. The Bertz CT molecular complexity index is 309. The Morgan fingerprint density at radius 2 is 2.31 bits per heavy atom. The standard InChI is InChI=1S/C12H15N/c1-2-5-10-9(4-1)8-12-11(10)6-3-7-13-12/h1-2,4,8,10-11,13H,3,5-7H2. The van der Waals surface area contributed by atoms with E-state index in [0.717, 1.165) is 11.8 Å². The summed E-state index contributed by atoms with van der Waals surface area (Å²) in [6.07, 6.45) is 13.1. The van der Waals surface area contributed by atoms with E-state index in [1.807, 2.05) is 0 Å². The lowest BCUT2D eigenvalue weighted by molar-refractivity contribution is 0.369. The van der Waals surface area contributed by atoms with Gasteiger partial charge in [-0.15, -0.1) is 0 Å². The minimum Gasteiger partial charge on any atom is -0.388 e. The van der Waals surface area contributed by atoms with Crippen LogP contribution in [0.25, 0.3) is 0 Å². The van der Waals surface area contributed by atoms with E-state index >= 15 is 0 Å². The van der Waals surface area contributed by atoms with E-state index in [1.54, 1.807) is 5.57 Å². The molecular formula is C12H15N. The first-order valence-electron chi connectivity index (χ1n) is 5.27. The van der Waals surface area contributed by atoms with Crippen LogP contribution < -0.4 is 5.32 Å². The lowest BCUT2D eigenvalue weighted by Gasteiger charge is -2.28. The smallest absolute Gasteiger partial charge is 0.0147 e. The molecule has 1 heteroatoms. The fourth-order valence-corrected chi connectivity index (χ4v) is 2.81. The lowest BCUT2D eigenvalue weighted by atomic mass is 9.82. The van der Waals surface area contributed by atoms with Crippen molar-refractivity contribution in [3.8, 4) is 0 Å². The first-order chi connectivity index (χ1) is 6.45. The van der Waals surface area contributed by atoms with Gasteiger partial charge in [0.2, 0.25) is 0 Å². The predicted octanol–water partition coefficient (Wildman–Crippen LogP) is 2.39. The molecule has 1 nitrogen and oxygen atoms in total. The van der Waals surface area contributed by atoms with Crippen molar-refractivity contribution >= 4 is 0 Å². The molecule has 0 radical (unpaired) electrons. The summed E-state index contributed by atoms with van der Waals surface area (Å²) in [5.74, 6) is 1.61. The summed E-state index contributed by atoms with van der Waals surface area (Å²) in [6, 6.07) is 0. The molecule has 0 amide bonds. The van der Waals surface area contributed by atoms with Gasteiger partial charge in [0.05, 0.1) is 0 Å². The third-order valence-corrected chi connectivity index (χ3v) is 3.47. The Morgan fingerprint density at radius 1 is 1.31 bits per heavy atom. The maximum atomic E-state index is 3.53. The van der Waals surface area contributed by atoms with Gasteiger partial charge >= 0.3 is 0 Å². The highest BCUT2D eigenvalue weighted by Crippen LogP contribution is 2.42. The highest BCUT2D eigenvalue weighted by Gasteiger charge is 2.34. The van der Waals surface area contributed by atoms with E-state index in [4.69, 9.17) is 0 Å². The Hall–Kier alpha value is -0.980. The first-order valence-corrected chi connectivity index (χ1v) is 5.27. The maximum absolute atomic E-state index is 3.53. The zero-order chi connectivity index (χ0) is 8.67. The van der Waals surface area contributed by atoms with E-state index in [2.05, 4.69) is 29.6 Å². The van der Waals surface area contributed by atoms with Gasteiger partial charge in [0.1, 0.15) is 0 Å². The Morgan fingerprint density at radius 3 is 3.31 bits per heavy atom.